The molecule has 0 unspecified atom stereocenters. The van der Waals surface area contributed by atoms with E-state index in [1.54, 1.807) is 28.4 Å². The monoisotopic (exact) mass is 372 g/mol. The fraction of sp³-hybridized carbons (Fsp3) is 0.368. The number of hydrogen-bond donors (Lipinski definition) is 0. The second-order valence-corrected chi connectivity index (χ2v) is 7.41. The number of ether oxygens (including phenoxy) is 2. The van der Waals surface area contributed by atoms with Crippen LogP contribution in [0.4, 0.5) is 5.69 Å². The lowest BCUT2D eigenvalue weighted by atomic mass is 10.1. The lowest BCUT2D eigenvalue weighted by molar-refractivity contribution is -0.136. The second kappa shape index (κ2) is 6.99. The molecular weight excluding hydrogens is 352 g/mol. The third-order valence-electron chi connectivity index (χ3n) is 4.76. The highest BCUT2D eigenvalue weighted by molar-refractivity contribution is 7.09. The van der Waals surface area contributed by atoms with Crippen LogP contribution in [0.25, 0.3) is 0 Å². The average Bonchev–Trinajstić information content (AvgIpc) is 3.39. The minimum absolute atomic E-state index is 0.0330. The van der Waals surface area contributed by atoms with E-state index in [-0.39, 0.29) is 30.9 Å². The summed E-state index contributed by atoms with van der Waals surface area (Å²) >= 11 is 1.64. The molecule has 4 rings (SSSR count). The summed E-state index contributed by atoms with van der Waals surface area (Å²) in [6.07, 6.45) is 0.244. The molecule has 136 valence electrons. The van der Waals surface area contributed by atoms with Gasteiger partial charge in [0.15, 0.2) is 11.5 Å². The Balaban J connectivity index is 1.47. The number of rotatable bonds is 5. The molecule has 1 atom stereocenters. The van der Waals surface area contributed by atoms with Gasteiger partial charge in [-0.3, -0.25) is 9.59 Å². The molecule has 1 saturated heterocycles. The number of carbonyl (C=O) groups is 2. The number of amides is 2. The van der Waals surface area contributed by atoms with Crippen LogP contribution in [0.2, 0.25) is 0 Å². The van der Waals surface area contributed by atoms with Gasteiger partial charge in [0.05, 0.1) is 12.5 Å². The van der Waals surface area contributed by atoms with E-state index in [4.69, 9.17) is 9.47 Å². The summed E-state index contributed by atoms with van der Waals surface area (Å²) in [5.41, 5.74) is 0.746. The van der Waals surface area contributed by atoms with Crippen LogP contribution in [0.5, 0.6) is 11.5 Å². The van der Waals surface area contributed by atoms with Crippen molar-refractivity contribution in [3.8, 4) is 11.5 Å². The van der Waals surface area contributed by atoms with Crippen LogP contribution in [0.15, 0.2) is 35.7 Å². The first-order valence-corrected chi connectivity index (χ1v) is 9.55. The Morgan fingerprint density at radius 3 is 2.92 bits per heavy atom. The molecule has 2 aliphatic heterocycles. The number of hydrogen-bond acceptors (Lipinski definition) is 5. The Bertz CT molecular complexity index is 821. The Hall–Kier alpha value is -2.54. The summed E-state index contributed by atoms with van der Waals surface area (Å²) < 4.78 is 10.7. The first-order chi connectivity index (χ1) is 12.7. The maximum absolute atomic E-state index is 12.9. The summed E-state index contributed by atoms with van der Waals surface area (Å²) in [7, 11) is 0. The van der Waals surface area contributed by atoms with E-state index < -0.39 is 0 Å². The molecule has 3 heterocycles. The third-order valence-corrected chi connectivity index (χ3v) is 5.62. The minimum atomic E-state index is -0.312. The highest BCUT2D eigenvalue weighted by Crippen LogP contribution is 2.37. The molecule has 1 fully saturated rings. The highest BCUT2D eigenvalue weighted by atomic mass is 32.1. The zero-order chi connectivity index (χ0) is 18.1. The molecule has 26 heavy (non-hydrogen) atoms. The van der Waals surface area contributed by atoms with E-state index in [2.05, 4.69) is 0 Å². The summed E-state index contributed by atoms with van der Waals surface area (Å²) in [5, 5.41) is 2.01. The number of fused-ring (bicyclic) bond motifs is 1. The van der Waals surface area contributed by atoms with E-state index >= 15 is 0 Å². The molecule has 1 aromatic heterocycles. The lowest BCUT2D eigenvalue weighted by Gasteiger charge is -2.24. The largest absolute Gasteiger partial charge is 0.454 e. The first kappa shape index (κ1) is 16.9. The van der Waals surface area contributed by atoms with E-state index in [9.17, 15) is 9.59 Å². The van der Waals surface area contributed by atoms with Gasteiger partial charge in [0.1, 0.15) is 0 Å². The van der Waals surface area contributed by atoms with Crippen molar-refractivity contribution in [3.05, 3.63) is 40.6 Å². The number of nitrogens with zero attached hydrogens (tertiary/aromatic N) is 2. The van der Waals surface area contributed by atoms with Crippen molar-refractivity contribution in [1.29, 1.82) is 0 Å². The molecule has 0 spiro atoms. The molecule has 0 radical (unpaired) electrons. The molecule has 2 aromatic rings. The fourth-order valence-corrected chi connectivity index (χ4v) is 4.09. The molecule has 6 nitrogen and oxygen atoms in total. The van der Waals surface area contributed by atoms with Gasteiger partial charge in [-0.1, -0.05) is 6.07 Å². The van der Waals surface area contributed by atoms with Crippen LogP contribution < -0.4 is 14.4 Å². The standard InChI is InChI=1S/C19H20N2O4S/c1-2-20(11-15-4-3-7-26-15)19(23)13-8-18(22)21(10-13)14-5-6-16-17(9-14)25-12-24-16/h3-7,9,13H,2,8,10-12H2,1H3/t13-/m1/s1. The average molecular weight is 372 g/mol. The van der Waals surface area contributed by atoms with Crippen molar-refractivity contribution in [2.24, 2.45) is 5.92 Å². The number of carbonyl (C=O) groups excluding carboxylic acids is 2. The van der Waals surface area contributed by atoms with Crippen LogP contribution in [0, 0.1) is 5.92 Å². The molecule has 0 bridgehead atoms. The summed E-state index contributed by atoms with van der Waals surface area (Å²) in [4.78, 5) is 30.1. The van der Waals surface area contributed by atoms with Crippen LogP contribution in [0.1, 0.15) is 18.2 Å². The Morgan fingerprint density at radius 1 is 1.31 bits per heavy atom. The van der Waals surface area contributed by atoms with Crippen LogP contribution in [-0.4, -0.2) is 36.6 Å². The van der Waals surface area contributed by atoms with Gasteiger partial charge in [0.2, 0.25) is 18.6 Å². The first-order valence-electron chi connectivity index (χ1n) is 8.67. The SMILES string of the molecule is CCN(Cc1cccs1)C(=O)[C@@H]1CC(=O)N(c2ccc3c(c2)OCO3)C1. The van der Waals surface area contributed by atoms with Crippen molar-refractivity contribution >= 4 is 28.8 Å². The van der Waals surface area contributed by atoms with E-state index in [0.29, 0.717) is 31.1 Å². The van der Waals surface area contributed by atoms with Crippen molar-refractivity contribution in [1.82, 2.24) is 4.90 Å². The van der Waals surface area contributed by atoms with Crippen molar-refractivity contribution < 1.29 is 19.1 Å². The summed E-state index contributed by atoms with van der Waals surface area (Å²) in [5.74, 6) is 1.01. The molecular formula is C19H20N2O4S. The van der Waals surface area contributed by atoms with Crippen LogP contribution >= 0.6 is 11.3 Å². The van der Waals surface area contributed by atoms with Crippen molar-refractivity contribution in [2.45, 2.75) is 19.9 Å². The molecule has 1 aromatic carbocycles. The van der Waals surface area contributed by atoms with Gasteiger partial charge in [0, 0.05) is 36.1 Å². The van der Waals surface area contributed by atoms with E-state index in [1.807, 2.05) is 35.4 Å². The maximum atomic E-state index is 12.9. The van der Waals surface area contributed by atoms with Gasteiger partial charge in [0.25, 0.3) is 0 Å². The fourth-order valence-electron chi connectivity index (χ4n) is 3.37. The Morgan fingerprint density at radius 2 is 2.15 bits per heavy atom. The number of anilines is 1. The zero-order valence-corrected chi connectivity index (χ0v) is 15.3. The predicted octanol–water partition coefficient (Wildman–Crippen LogP) is 2.88. The molecule has 7 heteroatoms. The molecule has 2 amide bonds. The topological polar surface area (TPSA) is 59.1 Å². The molecule has 2 aliphatic rings. The number of benzene rings is 1. The van der Waals surface area contributed by atoms with Gasteiger partial charge in [-0.25, -0.2) is 0 Å². The summed E-state index contributed by atoms with van der Waals surface area (Å²) in [6.45, 7) is 3.80. The van der Waals surface area contributed by atoms with Gasteiger partial charge in [-0.05, 0) is 30.5 Å². The van der Waals surface area contributed by atoms with Crippen molar-refractivity contribution in [2.75, 3.05) is 24.8 Å². The Kier molecular flexibility index (Phi) is 4.55. The molecule has 0 N–H and O–H groups in total. The van der Waals surface area contributed by atoms with Gasteiger partial charge < -0.3 is 19.3 Å². The highest BCUT2D eigenvalue weighted by Gasteiger charge is 2.37. The van der Waals surface area contributed by atoms with Gasteiger partial charge in [-0.2, -0.15) is 0 Å². The second-order valence-electron chi connectivity index (χ2n) is 6.37. The number of thiophene rings is 1. The lowest BCUT2D eigenvalue weighted by Crippen LogP contribution is -2.36. The quantitative estimate of drug-likeness (QED) is 0.810. The third kappa shape index (κ3) is 3.14. The van der Waals surface area contributed by atoms with E-state index in [0.717, 1.165) is 10.6 Å². The zero-order valence-electron chi connectivity index (χ0n) is 14.5. The van der Waals surface area contributed by atoms with Gasteiger partial charge in [-0.15, -0.1) is 11.3 Å². The van der Waals surface area contributed by atoms with Crippen molar-refractivity contribution in [3.63, 3.8) is 0 Å². The molecule has 0 saturated carbocycles. The van der Waals surface area contributed by atoms with Gasteiger partial charge >= 0.3 is 0 Å². The van der Waals surface area contributed by atoms with Crippen LogP contribution in [-0.2, 0) is 16.1 Å². The summed E-state index contributed by atoms with van der Waals surface area (Å²) in [6, 6.07) is 9.45. The van der Waals surface area contributed by atoms with E-state index in [1.165, 1.54) is 0 Å². The van der Waals surface area contributed by atoms with Crippen LogP contribution in [0.3, 0.4) is 0 Å². The minimum Gasteiger partial charge on any atom is -0.454 e. The smallest absolute Gasteiger partial charge is 0.231 e. The predicted molar refractivity (Wildman–Crippen MR) is 98.4 cm³/mol. The molecule has 0 aliphatic carbocycles. The normalized spacial score (nSPS) is 18.4. The maximum Gasteiger partial charge on any atom is 0.231 e. The Labute approximate surface area is 155 Å².